The number of benzene rings is 1. The number of allylic oxidation sites excluding steroid dienone is 1. The Hall–Kier alpha value is -2.57. The zero-order chi connectivity index (χ0) is 21.0. The van der Waals surface area contributed by atoms with E-state index in [0.717, 1.165) is 41.5 Å². The van der Waals surface area contributed by atoms with Crippen LogP contribution in [0.15, 0.2) is 50.5 Å². The molecule has 4 rings (SSSR count). The fraction of sp³-hybridized carbons (Fsp3) is 0.300. The monoisotopic (exact) mass is 476 g/mol. The van der Waals surface area contributed by atoms with Crippen molar-refractivity contribution in [3.63, 3.8) is 0 Å². The molecule has 2 aliphatic rings. The Morgan fingerprint density at radius 1 is 1.48 bits per heavy atom. The molecular weight excluding hydrogens is 459 g/mol. The van der Waals surface area contributed by atoms with E-state index >= 15 is 0 Å². The van der Waals surface area contributed by atoms with Crippen molar-refractivity contribution in [3.8, 4) is 6.57 Å². The smallest absolute Gasteiger partial charge is 0.338 e. The number of esters is 1. The third kappa shape index (κ3) is 4.09. The van der Waals surface area contributed by atoms with E-state index in [1.807, 2.05) is 5.38 Å². The first kappa shape index (κ1) is 21.1. The number of amidine groups is 1. The molecule has 3 heterocycles. The Labute approximate surface area is 180 Å². The second kappa shape index (κ2) is 9.29. The van der Waals surface area contributed by atoms with Crippen molar-refractivity contribution in [1.82, 2.24) is 9.88 Å². The van der Waals surface area contributed by atoms with Gasteiger partial charge in [-0.1, -0.05) is 22.0 Å². The zero-order valence-corrected chi connectivity index (χ0v) is 18.0. The summed E-state index contributed by atoms with van der Waals surface area (Å²) in [4.78, 5) is 24.2. The van der Waals surface area contributed by atoms with Crippen LogP contribution in [0.25, 0.3) is 0 Å². The minimum atomic E-state index is -0.567. The van der Waals surface area contributed by atoms with E-state index in [1.165, 1.54) is 23.5 Å². The van der Waals surface area contributed by atoms with Crippen LogP contribution in [0.2, 0.25) is 0 Å². The van der Waals surface area contributed by atoms with Crippen molar-refractivity contribution in [3.05, 3.63) is 61.9 Å². The highest BCUT2D eigenvalue weighted by Crippen LogP contribution is 2.42. The van der Waals surface area contributed by atoms with Crippen molar-refractivity contribution < 1.29 is 13.9 Å². The highest BCUT2D eigenvalue weighted by molar-refractivity contribution is 9.10. The third-order valence-electron chi connectivity index (χ3n) is 4.59. The van der Waals surface area contributed by atoms with Gasteiger partial charge in [0.15, 0.2) is 10.8 Å². The quantitative estimate of drug-likeness (QED) is 0.602. The average Bonchev–Trinajstić information content (AvgIpc) is 3.41. The van der Waals surface area contributed by atoms with E-state index in [4.69, 9.17) is 15.0 Å². The molecule has 1 fully saturated rings. The molecule has 6 nitrogen and oxygen atoms in total. The zero-order valence-electron chi connectivity index (χ0n) is 15.6. The maximum absolute atomic E-state index is 13.6. The summed E-state index contributed by atoms with van der Waals surface area (Å²) in [5.41, 5.74) is 2.18. The number of ether oxygens (including phenoxy) is 1. The van der Waals surface area contributed by atoms with Crippen LogP contribution in [-0.2, 0) is 9.53 Å². The van der Waals surface area contributed by atoms with Crippen LogP contribution in [0, 0.1) is 17.7 Å². The molecule has 0 saturated carbocycles. The molecule has 1 aromatic carbocycles. The maximum atomic E-state index is 13.6. The lowest BCUT2D eigenvalue weighted by atomic mass is 9.94. The second-order valence-electron chi connectivity index (χ2n) is 6.19. The van der Waals surface area contributed by atoms with Gasteiger partial charge in [0.1, 0.15) is 11.9 Å². The molecule has 0 spiro atoms. The van der Waals surface area contributed by atoms with E-state index in [-0.39, 0.29) is 18.4 Å². The minimum absolute atomic E-state index is 0.288. The predicted octanol–water partition coefficient (Wildman–Crippen LogP) is 4.60. The van der Waals surface area contributed by atoms with Crippen LogP contribution in [0.5, 0.6) is 0 Å². The summed E-state index contributed by atoms with van der Waals surface area (Å²) < 4.78 is 19.5. The Morgan fingerprint density at radius 3 is 2.93 bits per heavy atom. The van der Waals surface area contributed by atoms with Crippen LogP contribution >= 0.6 is 27.3 Å². The van der Waals surface area contributed by atoms with Crippen LogP contribution in [0.4, 0.5) is 4.39 Å². The predicted molar refractivity (Wildman–Crippen MR) is 112 cm³/mol. The molecule has 29 heavy (non-hydrogen) atoms. The lowest BCUT2D eigenvalue weighted by molar-refractivity contribution is -0.139. The third-order valence-corrected chi connectivity index (χ3v) is 6.04. The Kier molecular flexibility index (Phi) is 6.77. The van der Waals surface area contributed by atoms with Crippen molar-refractivity contribution in [2.24, 2.45) is 4.99 Å². The normalized spacial score (nSPS) is 17.9. The summed E-state index contributed by atoms with van der Waals surface area (Å²) in [6.07, 6.45) is 3.44. The summed E-state index contributed by atoms with van der Waals surface area (Å²) in [6, 6.07) is 3.87. The van der Waals surface area contributed by atoms with Gasteiger partial charge in [0.2, 0.25) is 0 Å². The maximum Gasteiger partial charge on any atom is 0.338 e. The molecule has 2 aliphatic heterocycles. The van der Waals surface area contributed by atoms with E-state index in [0.29, 0.717) is 10.0 Å². The largest absolute Gasteiger partial charge is 0.463 e. The Bertz CT molecular complexity index is 988. The number of nitriles is 1. The molecule has 1 atom stereocenters. The number of halogens is 2. The molecule has 2 aromatic rings. The van der Waals surface area contributed by atoms with E-state index < -0.39 is 6.04 Å². The number of carbonyl (C=O) groups excluding carboxylic acids is 1. The molecule has 0 aliphatic carbocycles. The Balaban J connectivity index is 0.00000117. The number of nitrogens with zero attached hydrogens (tertiary/aromatic N) is 4. The van der Waals surface area contributed by atoms with Crippen LogP contribution in [-0.4, -0.2) is 34.8 Å². The van der Waals surface area contributed by atoms with E-state index in [2.05, 4.69) is 32.4 Å². The average molecular weight is 477 g/mol. The molecule has 1 aromatic heterocycles. The van der Waals surface area contributed by atoms with Crippen molar-refractivity contribution >= 4 is 39.1 Å². The molecule has 1 saturated heterocycles. The molecule has 0 amide bonds. The number of carbonyl (C=O) groups is 1. The van der Waals surface area contributed by atoms with Crippen LogP contribution in [0.1, 0.15) is 36.4 Å². The number of fused-ring (bicyclic) bond motifs is 1. The summed E-state index contributed by atoms with van der Waals surface area (Å²) in [6.45, 7) is 6.36. The topological polar surface area (TPSA) is 78.6 Å². The lowest BCUT2D eigenvalue weighted by Crippen LogP contribution is -2.35. The molecule has 0 N–H and O–H groups in total. The van der Waals surface area contributed by atoms with Crippen molar-refractivity contribution in [1.29, 1.82) is 5.26 Å². The summed E-state index contributed by atoms with van der Waals surface area (Å²) in [5, 5.41) is 9.21. The number of hydrogen-bond acceptors (Lipinski definition) is 7. The molecule has 0 radical (unpaired) electrons. The molecule has 9 heteroatoms. The Morgan fingerprint density at radius 2 is 2.28 bits per heavy atom. The summed E-state index contributed by atoms with van der Waals surface area (Å²) in [5.74, 6) is 0.0349. The van der Waals surface area contributed by atoms with Gasteiger partial charge in [0.05, 0.1) is 12.2 Å². The van der Waals surface area contributed by atoms with Crippen LogP contribution < -0.4 is 0 Å². The minimum Gasteiger partial charge on any atom is -0.463 e. The highest BCUT2D eigenvalue weighted by Gasteiger charge is 2.39. The van der Waals surface area contributed by atoms with Crippen molar-refractivity contribution in [2.75, 3.05) is 13.2 Å². The molecule has 1 unspecified atom stereocenters. The fourth-order valence-corrected chi connectivity index (χ4v) is 4.70. The number of rotatable bonds is 4. The van der Waals surface area contributed by atoms with Gasteiger partial charge in [-0.2, -0.15) is 0 Å². The number of hydrogen-bond donors (Lipinski definition) is 0. The second-order valence-corrected chi connectivity index (χ2v) is 7.94. The SMILES string of the molecule is C#N.CCOC(=O)C1=C2CCCN2C(c2nccs2)=NC1c1ccc(F)cc1Br. The lowest BCUT2D eigenvalue weighted by Gasteiger charge is -2.31. The first-order chi connectivity index (χ1) is 14.1. The summed E-state index contributed by atoms with van der Waals surface area (Å²) >= 11 is 4.94. The van der Waals surface area contributed by atoms with Crippen molar-refractivity contribution in [2.45, 2.75) is 25.8 Å². The van der Waals surface area contributed by atoms with Gasteiger partial charge in [-0.15, -0.1) is 11.3 Å². The highest BCUT2D eigenvalue weighted by atomic mass is 79.9. The molecule has 0 bridgehead atoms. The van der Waals surface area contributed by atoms with Gasteiger partial charge < -0.3 is 9.64 Å². The first-order valence-electron chi connectivity index (χ1n) is 8.96. The molecule has 150 valence electrons. The summed E-state index contributed by atoms with van der Waals surface area (Å²) in [7, 11) is 0. The fourth-order valence-electron chi connectivity index (χ4n) is 3.49. The standard InChI is InChI=1S/C19H17BrFN3O2S.CHN/c1-2-26-19(25)15-14-4-3-8-24(14)17(18-22-7-9-27-18)23-16(15)12-6-5-11(21)10-13(12)20;1-2/h5-7,9-10,16H,2-4,8H2,1H3;1H. The van der Waals surface area contributed by atoms with Gasteiger partial charge in [-0.25, -0.2) is 19.4 Å². The molecular formula is C20H18BrFN4O2S. The van der Waals surface area contributed by atoms with Gasteiger partial charge in [-0.3, -0.25) is 4.99 Å². The van der Waals surface area contributed by atoms with Gasteiger partial charge in [0, 0.05) is 34.9 Å². The van der Waals surface area contributed by atoms with Gasteiger partial charge >= 0.3 is 5.97 Å². The van der Waals surface area contributed by atoms with E-state index in [9.17, 15) is 9.18 Å². The van der Waals surface area contributed by atoms with E-state index in [1.54, 1.807) is 19.2 Å². The van der Waals surface area contributed by atoms with Gasteiger partial charge in [0.25, 0.3) is 0 Å². The number of aliphatic imine (C=N–C) groups is 1. The number of thiazole rings is 1. The number of aromatic nitrogens is 1. The first-order valence-corrected chi connectivity index (χ1v) is 10.6. The van der Waals surface area contributed by atoms with Gasteiger partial charge in [-0.05, 0) is 37.5 Å². The van der Waals surface area contributed by atoms with Crippen LogP contribution in [0.3, 0.4) is 0 Å².